The number of hydrogen-bond acceptors (Lipinski definition) is 2. The molecule has 17 heavy (non-hydrogen) atoms. The number of halogens is 2. The van der Waals surface area contributed by atoms with Crippen LogP contribution >= 0.6 is 11.6 Å². The molecule has 1 aromatic heterocycles. The number of benzene rings is 1. The number of hydrogen-bond donors (Lipinski definition) is 1. The summed E-state index contributed by atoms with van der Waals surface area (Å²) in [6.07, 6.45) is 3.51. The molecule has 1 N–H and O–H groups in total. The van der Waals surface area contributed by atoms with Crippen molar-refractivity contribution >= 4 is 23.2 Å². The van der Waals surface area contributed by atoms with Gasteiger partial charge in [0, 0.05) is 18.4 Å². The lowest BCUT2D eigenvalue weighted by molar-refractivity contribution is 0.604. The summed E-state index contributed by atoms with van der Waals surface area (Å²) < 4.78 is 15.6. The van der Waals surface area contributed by atoms with Gasteiger partial charge in [-0.15, -0.1) is 0 Å². The van der Waals surface area contributed by atoms with Gasteiger partial charge in [-0.3, -0.25) is 0 Å². The van der Waals surface area contributed by atoms with Gasteiger partial charge in [-0.25, -0.2) is 9.37 Å². The second-order valence-electron chi connectivity index (χ2n) is 3.98. The quantitative estimate of drug-likeness (QED) is 0.896. The summed E-state index contributed by atoms with van der Waals surface area (Å²) >= 11 is 5.71. The van der Waals surface area contributed by atoms with E-state index in [1.807, 2.05) is 24.6 Å². The molecular weight excluding hydrogens is 241 g/mol. The highest BCUT2D eigenvalue weighted by molar-refractivity contribution is 6.31. The van der Waals surface area contributed by atoms with Crippen LogP contribution in [0, 0.1) is 5.82 Å². The Kier molecular flexibility index (Phi) is 3.33. The molecule has 0 fully saturated rings. The van der Waals surface area contributed by atoms with Crippen LogP contribution in [0.4, 0.5) is 16.0 Å². The van der Waals surface area contributed by atoms with Crippen molar-refractivity contribution in [1.82, 2.24) is 9.55 Å². The minimum Gasteiger partial charge on any atom is -0.323 e. The van der Waals surface area contributed by atoms with Crippen LogP contribution in [0.25, 0.3) is 0 Å². The van der Waals surface area contributed by atoms with Crippen molar-refractivity contribution in [3.05, 3.63) is 41.4 Å². The Morgan fingerprint density at radius 1 is 1.41 bits per heavy atom. The highest BCUT2D eigenvalue weighted by Crippen LogP contribution is 2.25. The van der Waals surface area contributed by atoms with Crippen molar-refractivity contribution in [1.29, 1.82) is 0 Å². The van der Waals surface area contributed by atoms with E-state index in [-0.39, 0.29) is 11.1 Å². The Balaban J connectivity index is 2.32. The number of imidazole rings is 1. The lowest BCUT2D eigenvalue weighted by Crippen LogP contribution is -2.06. The second kappa shape index (κ2) is 4.75. The van der Waals surface area contributed by atoms with E-state index >= 15 is 0 Å². The van der Waals surface area contributed by atoms with Crippen molar-refractivity contribution in [3.8, 4) is 0 Å². The highest BCUT2D eigenvalue weighted by atomic mass is 35.5. The average molecular weight is 254 g/mol. The topological polar surface area (TPSA) is 29.9 Å². The first-order valence-corrected chi connectivity index (χ1v) is 5.71. The molecule has 3 nitrogen and oxygen atoms in total. The Bertz CT molecular complexity index is 522. The highest BCUT2D eigenvalue weighted by Gasteiger charge is 2.10. The van der Waals surface area contributed by atoms with Crippen LogP contribution in [0.15, 0.2) is 30.6 Å². The first-order valence-electron chi connectivity index (χ1n) is 5.33. The molecule has 0 radical (unpaired) electrons. The van der Waals surface area contributed by atoms with Crippen LogP contribution in [0.2, 0.25) is 5.02 Å². The third-order valence-corrected chi connectivity index (χ3v) is 2.71. The molecule has 0 bridgehead atoms. The number of rotatable bonds is 3. The van der Waals surface area contributed by atoms with E-state index in [1.165, 1.54) is 6.07 Å². The molecule has 0 atom stereocenters. The molecule has 0 spiro atoms. The largest absolute Gasteiger partial charge is 0.323 e. The normalized spacial score (nSPS) is 10.9. The molecule has 0 aliphatic carbocycles. The Labute approximate surface area is 104 Å². The predicted molar refractivity (Wildman–Crippen MR) is 67.3 cm³/mol. The molecule has 0 aliphatic rings. The molecule has 0 saturated heterocycles. The third kappa shape index (κ3) is 2.42. The SMILES string of the molecule is CC(C)n1ccnc1Nc1cccc(Cl)c1F. The van der Waals surface area contributed by atoms with Crippen LogP contribution in [-0.4, -0.2) is 9.55 Å². The van der Waals surface area contributed by atoms with Gasteiger partial charge in [-0.1, -0.05) is 17.7 Å². The average Bonchev–Trinajstić information content (AvgIpc) is 2.73. The summed E-state index contributed by atoms with van der Waals surface area (Å²) in [5, 5.41) is 3.03. The van der Waals surface area contributed by atoms with Crippen molar-refractivity contribution in [2.75, 3.05) is 5.32 Å². The summed E-state index contributed by atoms with van der Waals surface area (Å²) in [6.45, 7) is 4.06. The molecule has 1 aromatic carbocycles. The minimum absolute atomic E-state index is 0.0950. The number of anilines is 2. The van der Waals surface area contributed by atoms with E-state index in [2.05, 4.69) is 10.3 Å². The van der Waals surface area contributed by atoms with Gasteiger partial charge in [0.25, 0.3) is 0 Å². The zero-order valence-electron chi connectivity index (χ0n) is 9.61. The maximum atomic E-state index is 13.7. The van der Waals surface area contributed by atoms with Crippen LogP contribution < -0.4 is 5.32 Å². The Morgan fingerprint density at radius 2 is 2.18 bits per heavy atom. The van der Waals surface area contributed by atoms with Gasteiger partial charge < -0.3 is 9.88 Å². The molecule has 2 rings (SSSR count). The molecule has 0 amide bonds. The molecule has 1 heterocycles. The van der Waals surface area contributed by atoms with Gasteiger partial charge in [0.15, 0.2) is 5.82 Å². The van der Waals surface area contributed by atoms with Gasteiger partial charge in [-0.05, 0) is 26.0 Å². The second-order valence-corrected chi connectivity index (χ2v) is 4.39. The third-order valence-electron chi connectivity index (χ3n) is 2.42. The van der Waals surface area contributed by atoms with Crippen LogP contribution in [0.1, 0.15) is 19.9 Å². The van der Waals surface area contributed by atoms with E-state index in [1.54, 1.807) is 18.3 Å². The monoisotopic (exact) mass is 253 g/mol. The van der Waals surface area contributed by atoms with Crippen molar-refractivity contribution in [3.63, 3.8) is 0 Å². The van der Waals surface area contributed by atoms with E-state index in [0.717, 1.165) is 0 Å². The fraction of sp³-hybridized carbons (Fsp3) is 0.250. The number of nitrogens with one attached hydrogen (secondary N) is 1. The van der Waals surface area contributed by atoms with E-state index in [9.17, 15) is 4.39 Å². The van der Waals surface area contributed by atoms with Crippen LogP contribution in [-0.2, 0) is 0 Å². The van der Waals surface area contributed by atoms with Gasteiger partial charge in [-0.2, -0.15) is 0 Å². The fourth-order valence-corrected chi connectivity index (χ4v) is 1.72. The molecule has 0 unspecified atom stereocenters. The van der Waals surface area contributed by atoms with Crippen molar-refractivity contribution < 1.29 is 4.39 Å². The van der Waals surface area contributed by atoms with Crippen LogP contribution in [0.5, 0.6) is 0 Å². The van der Waals surface area contributed by atoms with E-state index < -0.39 is 5.82 Å². The Morgan fingerprint density at radius 3 is 2.88 bits per heavy atom. The molecule has 5 heteroatoms. The van der Waals surface area contributed by atoms with Crippen molar-refractivity contribution in [2.24, 2.45) is 0 Å². The first kappa shape index (κ1) is 11.9. The van der Waals surface area contributed by atoms with Gasteiger partial charge in [0.2, 0.25) is 5.95 Å². The van der Waals surface area contributed by atoms with E-state index in [4.69, 9.17) is 11.6 Å². The Hall–Kier alpha value is -1.55. The zero-order valence-corrected chi connectivity index (χ0v) is 10.4. The molecular formula is C12H13ClFN3. The summed E-state index contributed by atoms with van der Waals surface area (Å²) in [7, 11) is 0. The predicted octanol–water partition coefficient (Wildman–Crippen LogP) is 4.00. The fourth-order valence-electron chi connectivity index (χ4n) is 1.55. The van der Waals surface area contributed by atoms with Gasteiger partial charge in [0.05, 0.1) is 10.7 Å². The summed E-state index contributed by atoms with van der Waals surface area (Å²) in [4.78, 5) is 4.15. The molecule has 2 aromatic rings. The summed E-state index contributed by atoms with van der Waals surface area (Å²) in [5.74, 6) is 0.133. The van der Waals surface area contributed by atoms with Gasteiger partial charge >= 0.3 is 0 Å². The van der Waals surface area contributed by atoms with Crippen LogP contribution in [0.3, 0.4) is 0 Å². The minimum atomic E-state index is -0.465. The number of nitrogens with zero attached hydrogens (tertiary/aromatic N) is 2. The number of aromatic nitrogens is 2. The lowest BCUT2D eigenvalue weighted by Gasteiger charge is -2.13. The van der Waals surface area contributed by atoms with Gasteiger partial charge in [0.1, 0.15) is 0 Å². The first-order chi connectivity index (χ1) is 8.09. The summed E-state index contributed by atoms with van der Waals surface area (Å²) in [6, 6.07) is 5.08. The standard InChI is InChI=1S/C12H13ClFN3/c1-8(2)17-7-6-15-12(17)16-10-5-3-4-9(13)11(10)14/h3-8H,1-2H3,(H,15,16). The maximum absolute atomic E-state index is 13.7. The summed E-state index contributed by atoms with van der Waals surface area (Å²) in [5.41, 5.74) is 0.325. The molecule has 0 saturated carbocycles. The maximum Gasteiger partial charge on any atom is 0.207 e. The zero-order chi connectivity index (χ0) is 12.4. The molecule has 0 aliphatic heterocycles. The smallest absolute Gasteiger partial charge is 0.207 e. The van der Waals surface area contributed by atoms with Crippen molar-refractivity contribution in [2.45, 2.75) is 19.9 Å². The molecule has 90 valence electrons. The lowest BCUT2D eigenvalue weighted by atomic mass is 10.3. The van der Waals surface area contributed by atoms with E-state index in [0.29, 0.717) is 11.6 Å².